The van der Waals surface area contributed by atoms with Crippen LogP contribution in [0.25, 0.3) is 0 Å². The molecule has 1 unspecified atom stereocenters. The Morgan fingerprint density at radius 3 is 2.37 bits per heavy atom. The minimum Gasteiger partial charge on any atom is -0.468 e. The molecule has 0 fully saturated rings. The molecule has 0 heterocycles. The van der Waals surface area contributed by atoms with Crippen molar-refractivity contribution in [2.24, 2.45) is 5.73 Å². The summed E-state index contributed by atoms with van der Waals surface area (Å²) in [5, 5.41) is 0. The smallest absolute Gasteiger partial charge is 0.411 e. The number of ether oxygens (including phenoxy) is 2. The minimum absolute atomic E-state index is 0.145. The topological polar surface area (TPSA) is 44.5 Å². The summed E-state index contributed by atoms with van der Waals surface area (Å²) in [6.45, 7) is 0.216. The lowest BCUT2D eigenvalue weighted by Crippen LogP contribution is -2.19. The molecular weight excluding hydrogens is 259 g/mol. The fourth-order valence-electron chi connectivity index (χ4n) is 1.41. The monoisotopic (exact) mass is 277 g/mol. The van der Waals surface area contributed by atoms with Crippen LogP contribution in [0.1, 0.15) is 18.9 Å². The average molecular weight is 277 g/mol. The SMILES string of the molecule is CC(N)CCc1ccc(OCOCC(F)(F)F)cc1. The molecule has 0 spiro atoms. The number of nitrogens with two attached hydrogens (primary N) is 1. The van der Waals surface area contributed by atoms with Crippen LogP contribution >= 0.6 is 0 Å². The van der Waals surface area contributed by atoms with Gasteiger partial charge in [0.25, 0.3) is 0 Å². The second-order valence-corrected chi connectivity index (χ2v) is 4.39. The van der Waals surface area contributed by atoms with Crippen molar-refractivity contribution in [2.45, 2.75) is 32.0 Å². The Bertz CT molecular complexity index is 363. The number of hydrogen-bond donors (Lipinski definition) is 1. The van der Waals surface area contributed by atoms with Gasteiger partial charge in [0.05, 0.1) is 0 Å². The second-order valence-electron chi connectivity index (χ2n) is 4.39. The third-order valence-corrected chi connectivity index (χ3v) is 2.39. The first-order valence-corrected chi connectivity index (χ1v) is 5.98. The van der Waals surface area contributed by atoms with E-state index in [4.69, 9.17) is 10.5 Å². The fraction of sp³-hybridized carbons (Fsp3) is 0.538. The highest BCUT2D eigenvalue weighted by Crippen LogP contribution is 2.16. The third-order valence-electron chi connectivity index (χ3n) is 2.39. The molecule has 1 rings (SSSR count). The van der Waals surface area contributed by atoms with Gasteiger partial charge in [0.2, 0.25) is 0 Å². The molecule has 108 valence electrons. The van der Waals surface area contributed by atoms with Crippen LogP contribution in [-0.4, -0.2) is 25.6 Å². The van der Waals surface area contributed by atoms with E-state index in [0.29, 0.717) is 5.75 Å². The molecule has 0 aliphatic rings. The molecule has 0 bridgehead atoms. The van der Waals surface area contributed by atoms with Crippen molar-refractivity contribution in [1.82, 2.24) is 0 Å². The molecule has 0 saturated heterocycles. The quantitative estimate of drug-likeness (QED) is 0.615. The highest BCUT2D eigenvalue weighted by atomic mass is 19.4. The summed E-state index contributed by atoms with van der Waals surface area (Å²) < 4.78 is 44.8. The van der Waals surface area contributed by atoms with Gasteiger partial charge in [-0.2, -0.15) is 13.2 Å². The number of hydrogen-bond acceptors (Lipinski definition) is 3. The molecular formula is C13H18F3NO2. The predicted octanol–water partition coefficient (Wildman–Crippen LogP) is 2.88. The van der Waals surface area contributed by atoms with Gasteiger partial charge in [-0.1, -0.05) is 12.1 Å². The number of aryl methyl sites for hydroxylation is 1. The average Bonchev–Trinajstić information content (AvgIpc) is 2.32. The Labute approximate surface area is 110 Å². The summed E-state index contributed by atoms with van der Waals surface area (Å²) in [7, 11) is 0. The molecule has 0 radical (unpaired) electrons. The Balaban J connectivity index is 2.28. The molecule has 0 aliphatic carbocycles. The van der Waals surface area contributed by atoms with Gasteiger partial charge in [-0.05, 0) is 37.5 Å². The zero-order valence-corrected chi connectivity index (χ0v) is 10.7. The Hall–Kier alpha value is -1.27. The standard InChI is InChI=1S/C13H18F3NO2/c1-10(17)2-3-11-4-6-12(7-5-11)19-9-18-8-13(14,15)16/h4-7,10H,2-3,8-9,17H2,1H3. The van der Waals surface area contributed by atoms with Gasteiger partial charge in [0.15, 0.2) is 6.79 Å². The lowest BCUT2D eigenvalue weighted by atomic mass is 10.1. The van der Waals surface area contributed by atoms with Gasteiger partial charge < -0.3 is 15.2 Å². The van der Waals surface area contributed by atoms with Crippen molar-refractivity contribution >= 4 is 0 Å². The maximum absolute atomic E-state index is 11.8. The minimum atomic E-state index is -4.33. The molecule has 0 amide bonds. The van der Waals surface area contributed by atoms with Crippen molar-refractivity contribution in [3.8, 4) is 5.75 Å². The molecule has 2 N–H and O–H groups in total. The van der Waals surface area contributed by atoms with Crippen molar-refractivity contribution in [2.75, 3.05) is 13.4 Å². The number of halogens is 3. The van der Waals surface area contributed by atoms with Gasteiger partial charge in [0, 0.05) is 6.04 Å². The molecule has 1 aromatic rings. The van der Waals surface area contributed by atoms with Crippen molar-refractivity contribution in [3.63, 3.8) is 0 Å². The highest BCUT2D eigenvalue weighted by Gasteiger charge is 2.27. The van der Waals surface area contributed by atoms with Gasteiger partial charge in [-0.15, -0.1) is 0 Å². The summed E-state index contributed by atoms with van der Waals surface area (Å²) in [5.74, 6) is 0.478. The van der Waals surface area contributed by atoms with Crippen LogP contribution in [0.3, 0.4) is 0 Å². The summed E-state index contributed by atoms with van der Waals surface area (Å²) in [6, 6.07) is 7.27. The number of benzene rings is 1. The van der Waals surface area contributed by atoms with Crippen LogP contribution in [0, 0.1) is 0 Å². The zero-order chi connectivity index (χ0) is 14.3. The van der Waals surface area contributed by atoms with Gasteiger partial charge in [-0.3, -0.25) is 0 Å². The van der Waals surface area contributed by atoms with Crippen molar-refractivity contribution < 1.29 is 22.6 Å². The Morgan fingerprint density at radius 2 is 1.84 bits per heavy atom. The summed E-state index contributed by atoms with van der Waals surface area (Å²) in [5.41, 5.74) is 6.77. The molecule has 6 heteroatoms. The molecule has 1 atom stereocenters. The van der Waals surface area contributed by atoms with E-state index in [2.05, 4.69) is 4.74 Å². The lowest BCUT2D eigenvalue weighted by molar-refractivity contribution is -0.186. The number of alkyl halides is 3. The van der Waals surface area contributed by atoms with Crippen LogP contribution in [0.5, 0.6) is 5.75 Å². The highest BCUT2D eigenvalue weighted by molar-refractivity contribution is 5.27. The van der Waals surface area contributed by atoms with E-state index >= 15 is 0 Å². The van der Waals surface area contributed by atoms with E-state index in [0.717, 1.165) is 18.4 Å². The van der Waals surface area contributed by atoms with E-state index < -0.39 is 19.6 Å². The van der Waals surface area contributed by atoms with E-state index in [9.17, 15) is 13.2 Å². The van der Waals surface area contributed by atoms with E-state index in [1.807, 2.05) is 19.1 Å². The molecule has 0 aliphatic heterocycles. The normalized spacial score (nSPS) is 13.3. The third kappa shape index (κ3) is 7.69. The molecule has 3 nitrogen and oxygen atoms in total. The van der Waals surface area contributed by atoms with Crippen LogP contribution < -0.4 is 10.5 Å². The predicted molar refractivity (Wildman–Crippen MR) is 65.9 cm³/mol. The number of rotatable bonds is 7. The van der Waals surface area contributed by atoms with Gasteiger partial charge in [-0.25, -0.2) is 0 Å². The first-order chi connectivity index (χ1) is 8.87. The van der Waals surface area contributed by atoms with Crippen molar-refractivity contribution in [3.05, 3.63) is 29.8 Å². The summed E-state index contributed by atoms with van der Waals surface area (Å²) in [4.78, 5) is 0. The first-order valence-electron chi connectivity index (χ1n) is 5.98. The zero-order valence-electron chi connectivity index (χ0n) is 10.7. The van der Waals surface area contributed by atoms with Crippen LogP contribution in [0.2, 0.25) is 0 Å². The summed E-state index contributed by atoms with van der Waals surface area (Å²) >= 11 is 0. The Kier molecular flexibility index (Phi) is 6.11. The fourth-order valence-corrected chi connectivity index (χ4v) is 1.41. The summed E-state index contributed by atoms with van der Waals surface area (Å²) in [6.07, 6.45) is -2.58. The molecule has 1 aromatic carbocycles. The van der Waals surface area contributed by atoms with Crippen LogP contribution in [0.15, 0.2) is 24.3 Å². The van der Waals surface area contributed by atoms with E-state index in [-0.39, 0.29) is 6.04 Å². The van der Waals surface area contributed by atoms with E-state index in [1.165, 1.54) is 0 Å². The maximum atomic E-state index is 11.8. The largest absolute Gasteiger partial charge is 0.468 e. The van der Waals surface area contributed by atoms with Gasteiger partial charge in [0.1, 0.15) is 12.4 Å². The van der Waals surface area contributed by atoms with Crippen molar-refractivity contribution in [1.29, 1.82) is 0 Å². The van der Waals surface area contributed by atoms with Crippen LogP contribution in [0.4, 0.5) is 13.2 Å². The lowest BCUT2D eigenvalue weighted by Gasteiger charge is -2.10. The molecule has 0 aromatic heterocycles. The first kappa shape index (κ1) is 15.8. The van der Waals surface area contributed by atoms with Crippen LogP contribution in [-0.2, 0) is 11.2 Å². The second kappa shape index (κ2) is 7.35. The molecule has 0 saturated carbocycles. The Morgan fingerprint density at radius 1 is 1.21 bits per heavy atom. The maximum Gasteiger partial charge on any atom is 0.411 e. The van der Waals surface area contributed by atoms with E-state index in [1.54, 1.807) is 12.1 Å². The molecule has 19 heavy (non-hydrogen) atoms. The van der Waals surface area contributed by atoms with Gasteiger partial charge >= 0.3 is 6.18 Å².